The van der Waals surface area contributed by atoms with Gasteiger partial charge in [0.15, 0.2) is 0 Å². The molecule has 1 aromatic rings. The third-order valence-electron chi connectivity index (χ3n) is 5.64. The standard InChI is InChI=1S/C19H26FN3O2/c1-13-3-4-15(11-17(13)20)18(24)23-10-7-16(12-23)14-5-8-22(9-6-14)19(25)21-2/h3-4,11,14,16H,5-10,12H2,1-2H3,(H,21,25). The Labute approximate surface area is 148 Å². The van der Waals surface area contributed by atoms with E-state index in [2.05, 4.69) is 5.32 Å². The van der Waals surface area contributed by atoms with Crippen LogP contribution in [0.4, 0.5) is 9.18 Å². The van der Waals surface area contributed by atoms with E-state index in [0.717, 1.165) is 45.4 Å². The van der Waals surface area contributed by atoms with Crippen LogP contribution in [-0.4, -0.2) is 55.0 Å². The van der Waals surface area contributed by atoms with Crippen LogP contribution in [0.1, 0.15) is 35.2 Å². The molecule has 2 heterocycles. The van der Waals surface area contributed by atoms with Crippen molar-refractivity contribution in [2.24, 2.45) is 11.8 Å². The Kier molecular flexibility index (Phi) is 5.25. The molecule has 1 N–H and O–H groups in total. The molecule has 3 rings (SSSR count). The number of amides is 3. The monoisotopic (exact) mass is 347 g/mol. The number of hydrogen-bond acceptors (Lipinski definition) is 2. The normalized spacial score (nSPS) is 21.5. The molecule has 3 amide bonds. The van der Waals surface area contributed by atoms with Crippen molar-refractivity contribution in [2.45, 2.75) is 26.2 Å². The molecule has 2 aliphatic heterocycles. The van der Waals surface area contributed by atoms with Crippen molar-refractivity contribution in [1.82, 2.24) is 15.1 Å². The van der Waals surface area contributed by atoms with Gasteiger partial charge in [-0.15, -0.1) is 0 Å². The van der Waals surface area contributed by atoms with Gasteiger partial charge in [-0.25, -0.2) is 9.18 Å². The fraction of sp³-hybridized carbons (Fsp3) is 0.579. The minimum atomic E-state index is -0.330. The van der Waals surface area contributed by atoms with E-state index in [1.54, 1.807) is 26.1 Å². The Balaban J connectivity index is 1.56. The lowest BCUT2D eigenvalue weighted by molar-refractivity contribution is 0.0776. The number of carbonyl (C=O) groups excluding carboxylic acids is 2. The summed E-state index contributed by atoms with van der Waals surface area (Å²) >= 11 is 0. The predicted octanol–water partition coefficient (Wildman–Crippen LogP) is 2.65. The van der Waals surface area contributed by atoms with Gasteiger partial charge in [0.25, 0.3) is 5.91 Å². The lowest BCUT2D eigenvalue weighted by Gasteiger charge is -2.34. The molecule has 0 aliphatic carbocycles. The van der Waals surface area contributed by atoms with Gasteiger partial charge < -0.3 is 15.1 Å². The topological polar surface area (TPSA) is 52.7 Å². The molecular weight excluding hydrogens is 321 g/mol. The summed E-state index contributed by atoms with van der Waals surface area (Å²) in [5.41, 5.74) is 0.983. The second kappa shape index (κ2) is 7.42. The summed E-state index contributed by atoms with van der Waals surface area (Å²) in [5.74, 6) is 0.618. The number of hydrogen-bond donors (Lipinski definition) is 1. The van der Waals surface area contributed by atoms with Gasteiger partial charge in [-0.05, 0) is 55.7 Å². The van der Waals surface area contributed by atoms with Crippen molar-refractivity contribution in [3.05, 3.63) is 35.1 Å². The van der Waals surface area contributed by atoms with Gasteiger partial charge in [0, 0.05) is 38.8 Å². The average molecular weight is 347 g/mol. The molecule has 6 heteroatoms. The zero-order chi connectivity index (χ0) is 18.0. The molecule has 25 heavy (non-hydrogen) atoms. The number of carbonyl (C=O) groups is 2. The van der Waals surface area contributed by atoms with E-state index in [1.807, 2.05) is 9.80 Å². The molecule has 0 bridgehead atoms. The van der Waals surface area contributed by atoms with Crippen LogP contribution in [0.5, 0.6) is 0 Å². The van der Waals surface area contributed by atoms with E-state index < -0.39 is 0 Å². The minimum absolute atomic E-state index is 0.0110. The van der Waals surface area contributed by atoms with Crippen LogP contribution in [0.2, 0.25) is 0 Å². The molecule has 0 saturated carbocycles. The molecule has 136 valence electrons. The molecule has 1 unspecified atom stereocenters. The highest BCUT2D eigenvalue weighted by Crippen LogP contribution is 2.32. The van der Waals surface area contributed by atoms with Crippen LogP contribution < -0.4 is 5.32 Å². The number of benzene rings is 1. The molecule has 2 saturated heterocycles. The Bertz CT molecular complexity index is 656. The average Bonchev–Trinajstić information content (AvgIpc) is 3.13. The number of nitrogens with one attached hydrogen (secondary N) is 1. The highest BCUT2D eigenvalue weighted by molar-refractivity contribution is 5.94. The first-order valence-electron chi connectivity index (χ1n) is 9.01. The maximum atomic E-state index is 13.7. The summed E-state index contributed by atoms with van der Waals surface area (Å²) in [6.45, 7) is 4.71. The summed E-state index contributed by atoms with van der Waals surface area (Å²) in [4.78, 5) is 28.0. The number of halogens is 1. The second-order valence-electron chi connectivity index (χ2n) is 7.14. The van der Waals surface area contributed by atoms with Gasteiger partial charge in [0.1, 0.15) is 5.82 Å². The third-order valence-corrected chi connectivity index (χ3v) is 5.64. The van der Waals surface area contributed by atoms with E-state index in [4.69, 9.17) is 0 Å². The number of likely N-dealkylation sites (tertiary alicyclic amines) is 2. The van der Waals surface area contributed by atoms with Gasteiger partial charge in [0.05, 0.1) is 0 Å². The Hall–Kier alpha value is -2.11. The maximum Gasteiger partial charge on any atom is 0.317 e. The zero-order valence-corrected chi connectivity index (χ0v) is 14.9. The Morgan fingerprint density at radius 2 is 1.72 bits per heavy atom. The van der Waals surface area contributed by atoms with Crippen molar-refractivity contribution in [1.29, 1.82) is 0 Å². The lowest BCUT2D eigenvalue weighted by Crippen LogP contribution is -2.44. The summed E-state index contributed by atoms with van der Waals surface area (Å²) in [6, 6.07) is 4.69. The smallest absolute Gasteiger partial charge is 0.317 e. The van der Waals surface area contributed by atoms with Crippen molar-refractivity contribution in [3.8, 4) is 0 Å². The minimum Gasteiger partial charge on any atom is -0.341 e. The van der Waals surface area contributed by atoms with Crippen molar-refractivity contribution in [2.75, 3.05) is 33.2 Å². The number of piperidine rings is 1. The fourth-order valence-corrected chi connectivity index (χ4v) is 4.00. The third kappa shape index (κ3) is 3.78. The van der Waals surface area contributed by atoms with Gasteiger partial charge in [-0.1, -0.05) is 6.07 Å². The lowest BCUT2D eigenvalue weighted by atomic mass is 9.84. The molecule has 2 fully saturated rings. The second-order valence-corrected chi connectivity index (χ2v) is 7.14. The van der Waals surface area contributed by atoms with E-state index in [-0.39, 0.29) is 17.8 Å². The Morgan fingerprint density at radius 1 is 1.08 bits per heavy atom. The fourth-order valence-electron chi connectivity index (χ4n) is 4.00. The van der Waals surface area contributed by atoms with Crippen LogP contribution in [-0.2, 0) is 0 Å². The SMILES string of the molecule is CNC(=O)N1CCC(C2CCN(C(=O)c3ccc(C)c(F)c3)C2)CC1. The molecule has 0 aromatic heterocycles. The van der Waals surface area contributed by atoms with Crippen LogP contribution in [0.15, 0.2) is 18.2 Å². The van der Waals surface area contributed by atoms with Gasteiger partial charge in [0.2, 0.25) is 0 Å². The zero-order valence-electron chi connectivity index (χ0n) is 14.9. The summed E-state index contributed by atoms with van der Waals surface area (Å²) in [5, 5.41) is 2.67. The van der Waals surface area contributed by atoms with Crippen LogP contribution >= 0.6 is 0 Å². The molecular formula is C19H26FN3O2. The molecule has 0 spiro atoms. The Morgan fingerprint density at radius 3 is 2.36 bits per heavy atom. The van der Waals surface area contributed by atoms with Crippen LogP contribution in [0, 0.1) is 24.6 Å². The highest BCUT2D eigenvalue weighted by atomic mass is 19.1. The van der Waals surface area contributed by atoms with E-state index in [1.165, 1.54) is 6.07 Å². The quantitative estimate of drug-likeness (QED) is 0.894. The van der Waals surface area contributed by atoms with Gasteiger partial charge in [-0.2, -0.15) is 0 Å². The largest absolute Gasteiger partial charge is 0.341 e. The molecule has 2 aliphatic rings. The van der Waals surface area contributed by atoms with E-state index in [9.17, 15) is 14.0 Å². The first-order valence-corrected chi connectivity index (χ1v) is 9.01. The first-order chi connectivity index (χ1) is 12.0. The van der Waals surface area contributed by atoms with E-state index in [0.29, 0.717) is 23.0 Å². The molecule has 1 atom stereocenters. The van der Waals surface area contributed by atoms with E-state index >= 15 is 0 Å². The highest BCUT2D eigenvalue weighted by Gasteiger charge is 2.34. The number of aryl methyl sites for hydroxylation is 1. The molecule has 5 nitrogen and oxygen atoms in total. The van der Waals surface area contributed by atoms with Gasteiger partial charge >= 0.3 is 6.03 Å². The molecule has 0 radical (unpaired) electrons. The summed E-state index contributed by atoms with van der Waals surface area (Å²) in [6.07, 6.45) is 2.96. The predicted molar refractivity (Wildman–Crippen MR) is 93.9 cm³/mol. The van der Waals surface area contributed by atoms with Crippen LogP contribution in [0.3, 0.4) is 0 Å². The summed E-state index contributed by atoms with van der Waals surface area (Å²) < 4.78 is 13.7. The first kappa shape index (κ1) is 17.7. The van der Waals surface area contributed by atoms with Crippen LogP contribution in [0.25, 0.3) is 0 Å². The summed E-state index contributed by atoms with van der Waals surface area (Å²) in [7, 11) is 1.66. The van der Waals surface area contributed by atoms with Gasteiger partial charge in [-0.3, -0.25) is 4.79 Å². The number of urea groups is 1. The van der Waals surface area contributed by atoms with Crippen molar-refractivity contribution in [3.63, 3.8) is 0 Å². The van der Waals surface area contributed by atoms with Crippen molar-refractivity contribution < 1.29 is 14.0 Å². The number of nitrogens with zero attached hydrogens (tertiary/aromatic N) is 2. The van der Waals surface area contributed by atoms with Crippen molar-refractivity contribution >= 4 is 11.9 Å². The number of rotatable bonds is 2. The molecule has 1 aromatic carbocycles. The maximum absolute atomic E-state index is 13.7.